The molecular formula is C5H9NO4S. The van der Waals surface area contributed by atoms with E-state index in [2.05, 4.69) is 9.50 Å². The van der Waals surface area contributed by atoms with E-state index in [1.165, 1.54) is 0 Å². The molecule has 64 valence electrons. The molecule has 1 saturated heterocycles. The van der Waals surface area contributed by atoms with Crippen LogP contribution < -0.4 is 5.32 Å². The van der Waals surface area contributed by atoms with E-state index in [0.29, 0.717) is 13.0 Å². The summed E-state index contributed by atoms with van der Waals surface area (Å²) in [7, 11) is -3.50. The Balaban J connectivity index is 2.57. The van der Waals surface area contributed by atoms with Gasteiger partial charge in [-0.3, -0.25) is 8.98 Å². The van der Waals surface area contributed by atoms with Crippen molar-refractivity contribution in [3.8, 4) is 0 Å². The van der Waals surface area contributed by atoms with Crippen molar-refractivity contribution >= 4 is 16.0 Å². The summed E-state index contributed by atoms with van der Waals surface area (Å²) in [5.41, 5.74) is 0. The van der Waals surface area contributed by atoms with E-state index in [-0.39, 0.29) is 5.91 Å². The van der Waals surface area contributed by atoms with Crippen LogP contribution in [0.5, 0.6) is 0 Å². The van der Waals surface area contributed by atoms with Gasteiger partial charge in [0.15, 0.2) is 6.10 Å². The summed E-state index contributed by atoms with van der Waals surface area (Å²) in [4.78, 5) is 10.8. The first-order valence-corrected chi connectivity index (χ1v) is 4.97. The third-order valence-corrected chi connectivity index (χ3v) is 1.87. The molecule has 0 aromatic heterocycles. The number of nitrogens with one attached hydrogen (secondary N) is 1. The Kier molecular flexibility index (Phi) is 2.15. The number of hydrogen-bond donors (Lipinski definition) is 1. The lowest BCUT2D eigenvalue weighted by atomic mass is 10.3. The van der Waals surface area contributed by atoms with E-state index in [0.717, 1.165) is 6.26 Å². The highest BCUT2D eigenvalue weighted by Crippen LogP contribution is 2.07. The molecule has 1 amide bonds. The van der Waals surface area contributed by atoms with Crippen LogP contribution in [0.2, 0.25) is 0 Å². The average Bonchev–Trinajstić information content (AvgIpc) is 2.12. The molecule has 0 saturated carbocycles. The van der Waals surface area contributed by atoms with Crippen LogP contribution in [0.4, 0.5) is 0 Å². The Morgan fingerprint density at radius 3 is 2.64 bits per heavy atom. The summed E-state index contributed by atoms with van der Waals surface area (Å²) in [6.07, 6.45) is 0.537. The van der Waals surface area contributed by atoms with Crippen molar-refractivity contribution in [2.75, 3.05) is 12.8 Å². The van der Waals surface area contributed by atoms with Crippen LogP contribution in [0.1, 0.15) is 6.42 Å². The standard InChI is InChI=1S/C5H9NO4S/c1-11(8,9)10-4-2-3-6-5(4)7/h4H,2-3H2,1H3,(H,6,7)/t4-/m1/s1. The highest BCUT2D eigenvalue weighted by Gasteiger charge is 2.28. The van der Waals surface area contributed by atoms with Crippen molar-refractivity contribution < 1.29 is 17.4 Å². The molecule has 0 aliphatic carbocycles. The van der Waals surface area contributed by atoms with Gasteiger partial charge in [0.25, 0.3) is 16.0 Å². The lowest BCUT2D eigenvalue weighted by Crippen LogP contribution is -2.27. The lowest BCUT2D eigenvalue weighted by molar-refractivity contribution is -0.124. The zero-order valence-electron chi connectivity index (χ0n) is 6.03. The highest BCUT2D eigenvalue weighted by atomic mass is 32.2. The fourth-order valence-electron chi connectivity index (χ4n) is 0.874. The van der Waals surface area contributed by atoms with Crippen molar-refractivity contribution in [2.24, 2.45) is 0 Å². The second kappa shape index (κ2) is 2.78. The Morgan fingerprint density at radius 2 is 2.27 bits per heavy atom. The Bertz CT molecular complexity index is 258. The van der Waals surface area contributed by atoms with Crippen LogP contribution in [0.15, 0.2) is 0 Å². The van der Waals surface area contributed by atoms with Crippen molar-refractivity contribution in [3.05, 3.63) is 0 Å². The third-order valence-electron chi connectivity index (χ3n) is 1.29. The number of hydrogen-bond acceptors (Lipinski definition) is 4. The number of rotatable bonds is 2. The summed E-state index contributed by atoms with van der Waals surface area (Å²) >= 11 is 0. The number of amides is 1. The fourth-order valence-corrected chi connectivity index (χ4v) is 1.48. The molecule has 0 aromatic rings. The van der Waals surface area contributed by atoms with E-state index in [9.17, 15) is 13.2 Å². The Morgan fingerprint density at radius 1 is 1.64 bits per heavy atom. The molecule has 5 nitrogen and oxygen atoms in total. The molecule has 1 aliphatic rings. The zero-order chi connectivity index (χ0) is 8.48. The summed E-state index contributed by atoms with van der Waals surface area (Å²) in [5.74, 6) is -0.351. The van der Waals surface area contributed by atoms with Gasteiger partial charge in [-0.15, -0.1) is 0 Å². The van der Waals surface area contributed by atoms with E-state index >= 15 is 0 Å². The Hall–Kier alpha value is -0.620. The van der Waals surface area contributed by atoms with Crippen LogP contribution in [0.3, 0.4) is 0 Å². The average molecular weight is 179 g/mol. The molecule has 1 N–H and O–H groups in total. The van der Waals surface area contributed by atoms with E-state index in [1.54, 1.807) is 0 Å². The highest BCUT2D eigenvalue weighted by molar-refractivity contribution is 7.86. The van der Waals surface area contributed by atoms with Gasteiger partial charge in [0.1, 0.15) is 0 Å². The summed E-state index contributed by atoms with van der Waals surface area (Å²) < 4.78 is 25.5. The predicted octanol–water partition coefficient (Wildman–Crippen LogP) is -1.15. The van der Waals surface area contributed by atoms with Gasteiger partial charge in [-0.25, -0.2) is 0 Å². The first-order valence-electron chi connectivity index (χ1n) is 3.15. The number of carbonyl (C=O) groups is 1. The second-order valence-corrected chi connectivity index (χ2v) is 3.97. The number of carbonyl (C=O) groups excluding carboxylic acids is 1. The zero-order valence-corrected chi connectivity index (χ0v) is 6.85. The van der Waals surface area contributed by atoms with Crippen LogP contribution in [-0.4, -0.2) is 33.2 Å². The minimum atomic E-state index is -3.50. The molecule has 0 radical (unpaired) electrons. The largest absolute Gasteiger partial charge is 0.354 e. The van der Waals surface area contributed by atoms with Gasteiger partial charge in [-0.2, -0.15) is 8.42 Å². The molecule has 11 heavy (non-hydrogen) atoms. The smallest absolute Gasteiger partial charge is 0.265 e. The third kappa shape index (κ3) is 2.47. The van der Waals surface area contributed by atoms with E-state index in [1.807, 2.05) is 0 Å². The molecule has 1 aliphatic heterocycles. The fraction of sp³-hybridized carbons (Fsp3) is 0.800. The van der Waals surface area contributed by atoms with Gasteiger partial charge in [-0.1, -0.05) is 0 Å². The Labute approximate surface area is 64.9 Å². The van der Waals surface area contributed by atoms with Crippen LogP contribution in [-0.2, 0) is 19.1 Å². The van der Waals surface area contributed by atoms with Gasteiger partial charge < -0.3 is 5.32 Å². The van der Waals surface area contributed by atoms with Crippen LogP contribution in [0.25, 0.3) is 0 Å². The molecule has 0 unspecified atom stereocenters. The SMILES string of the molecule is CS(=O)(=O)O[C@@H]1CCNC1=O. The predicted molar refractivity (Wildman–Crippen MR) is 37.3 cm³/mol. The second-order valence-electron chi connectivity index (χ2n) is 2.37. The summed E-state index contributed by atoms with van der Waals surface area (Å²) in [6.45, 7) is 0.485. The first kappa shape index (κ1) is 8.48. The van der Waals surface area contributed by atoms with Crippen molar-refractivity contribution in [1.82, 2.24) is 5.32 Å². The van der Waals surface area contributed by atoms with Gasteiger partial charge >= 0.3 is 0 Å². The molecule has 6 heteroatoms. The maximum Gasteiger partial charge on any atom is 0.265 e. The molecule has 1 fully saturated rings. The van der Waals surface area contributed by atoms with Crippen LogP contribution in [0, 0.1) is 0 Å². The topological polar surface area (TPSA) is 72.5 Å². The van der Waals surface area contributed by atoms with Gasteiger partial charge in [0.05, 0.1) is 6.26 Å². The first-order chi connectivity index (χ1) is 4.99. The van der Waals surface area contributed by atoms with Crippen molar-refractivity contribution in [2.45, 2.75) is 12.5 Å². The lowest BCUT2D eigenvalue weighted by Gasteiger charge is -2.04. The molecule has 1 atom stereocenters. The van der Waals surface area contributed by atoms with Crippen molar-refractivity contribution in [3.63, 3.8) is 0 Å². The summed E-state index contributed by atoms with van der Waals surface area (Å²) in [6, 6.07) is 0. The minimum Gasteiger partial charge on any atom is -0.354 e. The molecule has 0 spiro atoms. The van der Waals surface area contributed by atoms with Crippen molar-refractivity contribution in [1.29, 1.82) is 0 Å². The molecule has 1 rings (SSSR count). The van der Waals surface area contributed by atoms with Gasteiger partial charge in [0, 0.05) is 13.0 Å². The molecule has 1 heterocycles. The van der Waals surface area contributed by atoms with E-state index in [4.69, 9.17) is 0 Å². The minimum absolute atomic E-state index is 0.351. The maximum absolute atomic E-state index is 10.8. The maximum atomic E-state index is 10.8. The normalized spacial score (nSPS) is 25.2. The van der Waals surface area contributed by atoms with Gasteiger partial charge in [0.2, 0.25) is 0 Å². The van der Waals surface area contributed by atoms with E-state index < -0.39 is 16.2 Å². The molecule has 0 bridgehead atoms. The van der Waals surface area contributed by atoms with Crippen LogP contribution >= 0.6 is 0 Å². The molecular weight excluding hydrogens is 170 g/mol. The monoisotopic (exact) mass is 179 g/mol. The van der Waals surface area contributed by atoms with Gasteiger partial charge in [-0.05, 0) is 0 Å². The quantitative estimate of drug-likeness (QED) is 0.543. The summed E-state index contributed by atoms with van der Waals surface area (Å²) in [5, 5.41) is 2.46. The molecule has 0 aromatic carbocycles.